The van der Waals surface area contributed by atoms with Crippen molar-refractivity contribution in [2.75, 3.05) is 11.9 Å². The third-order valence-electron chi connectivity index (χ3n) is 1.94. The van der Waals surface area contributed by atoms with Gasteiger partial charge in [-0.05, 0) is 12.1 Å². The summed E-state index contributed by atoms with van der Waals surface area (Å²) in [5.74, 6) is 0. The van der Waals surface area contributed by atoms with Crippen molar-refractivity contribution in [3.8, 4) is 6.07 Å². The molecule has 1 N–H and O–H groups in total. The lowest BCUT2D eigenvalue weighted by molar-refractivity contribution is 1.29. The second-order valence-electron chi connectivity index (χ2n) is 2.66. The van der Waals surface area contributed by atoms with E-state index in [9.17, 15) is 0 Å². The van der Waals surface area contributed by atoms with Crippen LogP contribution in [0.2, 0.25) is 0 Å². The minimum absolute atomic E-state index is 0. The fraction of sp³-hybridized carbons (Fsp3) is 0.100. The lowest BCUT2D eigenvalue weighted by Crippen LogP contribution is -2.06. The first kappa shape index (κ1) is 9.63. The van der Waals surface area contributed by atoms with Crippen LogP contribution in [0.25, 0.3) is 5.57 Å². The first-order chi connectivity index (χ1) is 5.92. The highest BCUT2D eigenvalue weighted by Crippen LogP contribution is 2.25. The van der Waals surface area contributed by atoms with Gasteiger partial charge in [-0.3, -0.25) is 0 Å². The average Bonchev–Trinajstić information content (AvgIpc) is 2.17. The van der Waals surface area contributed by atoms with E-state index in [0.29, 0.717) is 0 Å². The molecule has 3 heteroatoms. The molecule has 13 heavy (non-hydrogen) atoms. The first-order valence-electron chi connectivity index (χ1n) is 3.85. The lowest BCUT2D eigenvalue weighted by atomic mass is 10.0. The van der Waals surface area contributed by atoms with Crippen molar-refractivity contribution >= 4 is 23.7 Å². The Morgan fingerprint density at radius 1 is 1.31 bits per heavy atom. The Kier molecular flexibility index (Phi) is 2.94. The van der Waals surface area contributed by atoms with Crippen molar-refractivity contribution in [1.29, 1.82) is 5.26 Å². The summed E-state index contributed by atoms with van der Waals surface area (Å²) in [5, 5.41) is 12.0. The number of hydrogen-bond acceptors (Lipinski definition) is 2. The minimum atomic E-state index is 0. The zero-order valence-electron chi connectivity index (χ0n) is 6.95. The number of fused-ring (bicyclic) bond motifs is 1. The van der Waals surface area contributed by atoms with Gasteiger partial charge in [0.15, 0.2) is 0 Å². The van der Waals surface area contributed by atoms with E-state index >= 15 is 0 Å². The van der Waals surface area contributed by atoms with E-state index < -0.39 is 0 Å². The second-order valence-corrected chi connectivity index (χ2v) is 2.66. The van der Waals surface area contributed by atoms with Gasteiger partial charge in [0.1, 0.15) is 0 Å². The summed E-state index contributed by atoms with van der Waals surface area (Å²) in [7, 11) is 0. The molecule has 1 heterocycles. The number of para-hydroxylation sites is 1. The molecule has 0 amide bonds. The number of nitrogens with zero attached hydrogens (tertiary/aromatic N) is 1. The average molecular weight is 193 g/mol. The maximum Gasteiger partial charge on any atom is 0.0996 e. The van der Waals surface area contributed by atoms with Gasteiger partial charge in [0.25, 0.3) is 0 Å². The maximum absolute atomic E-state index is 8.79. The van der Waals surface area contributed by atoms with Crippen molar-refractivity contribution in [3.05, 3.63) is 35.9 Å². The van der Waals surface area contributed by atoms with Gasteiger partial charge in [0.2, 0.25) is 0 Å². The number of nitriles is 1. The smallest absolute Gasteiger partial charge is 0.0996 e. The van der Waals surface area contributed by atoms with E-state index in [1.807, 2.05) is 30.3 Å². The molecule has 2 rings (SSSR count). The summed E-state index contributed by atoms with van der Waals surface area (Å²) in [6.45, 7) is 0.750. The van der Waals surface area contributed by atoms with Crippen molar-refractivity contribution in [3.63, 3.8) is 0 Å². The molecule has 0 aromatic heterocycles. The summed E-state index contributed by atoms with van der Waals surface area (Å²) >= 11 is 0. The SMILES string of the molecule is Cl.N#CC1=CCNc2ccccc21. The molecule has 66 valence electrons. The van der Waals surface area contributed by atoms with E-state index in [1.54, 1.807) is 0 Å². The largest absolute Gasteiger partial charge is 0.381 e. The molecule has 0 unspecified atom stereocenters. The van der Waals surface area contributed by atoms with Crippen LogP contribution in [0.15, 0.2) is 30.3 Å². The molecule has 1 aliphatic rings. The van der Waals surface area contributed by atoms with Crippen LogP contribution in [0.3, 0.4) is 0 Å². The summed E-state index contributed by atoms with van der Waals surface area (Å²) < 4.78 is 0. The van der Waals surface area contributed by atoms with Gasteiger partial charge in [-0.15, -0.1) is 12.4 Å². The van der Waals surface area contributed by atoms with E-state index in [-0.39, 0.29) is 12.4 Å². The third kappa shape index (κ3) is 1.66. The molecule has 0 saturated heterocycles. The molecule has 1 aliphatic heterocycles. The molecule has 0 atom stereocenters. The Bertz CT molecular complexity index is 377. The maximum atomic E-state index is 8.79. The predicted octanol–water partition coefficient (Wildman–Crippen LogP) is 2.44. The fourth-order valence-electron chi connectivity index (χ4n) is 1.35. The Morgan fingerprint density at radius 3 is 2.85 bits per heavy atom. The molecule has 0 saturated carbocycles. The molecule has 0 aliphatic carbocycles. The molecule has 0 bridgehead atoms. The number of hydrogen-bond donors (Lipinski definition) is 1. The number of rotatable bonds is 0. The summed E-state index contributed by atoms with van der Waals surface area (Å²) in [6.07, 6.45) is 1.91. The monoisotopic (exact) mass is 192 g/mol. The molecule has 1 aromatic carbocycles. The van der Waals surface area contributed by atoms with Crippen LogP contribution in [0.5, 0.6) is 0 Å². The number of benzene rings is 1. The molecule has 0 radical (unpaired) electrons. The van der Waals surface area contributed by atoms with E-state index in [1.165, 1.54) is 0 Å². The van der Waals surface area contributed by atoms with E-state index in [0.717, 1.165) is 23.4 Å². The van der Waals surface area contributed by atoms with Crippen LogP contribution in [0, 0.1) is 11.3 Å². The Balaban J connectivity index is 0.000000845. The van der Waals surface area contributed by atoms with Gasteiger partial charge in [-0.25, -0.2) is 0 Å². The molecule has 2 nitrogen and oxygen atoms in total. The van der Waals surface area contributed by atoms with E-state index in [4.69, 9.17) is 5.26 Å². The normalized spacial score (nSPS) is 12.7. The third-order valence-corrected chi connectivity index (χ3v) is 1.94. The first-order valence-corrected chi connectivity index (χ1v) is 3.85. The molecular formula is C10H9ClN2. The second kappa shape index (κ2) is 3.97. The van der Waals surface area contributed by atoms with Gasteiger partial charge in [-0.1, -0.05) is 18.2 Å². The zero-order chi connectivity index (χ0) is 8.39. The topological polar surface area (TPSA) is 35.8 Å². The standard InChI is InChI=1S/C10H8N2.ClH/c11-7-8-5-6-12-10-4-2-1-3-9(8)10;/h1-5,12H,6H2;1H. The Labute approximate surface area is 83.3 Å². The highest BCUT2D eigenvalue weighted by Gasteiger charge is 2.09. The van der Waals surface area contributed by atoms with Crippen LogP contribution < -0.4 is 5.32 Å². The zero-order valence-corrected chi connectivity index (χ0v) is 7.77. The highest BCUT2D eigenvalue weighted by molar-refractivity contribution is 5.86. The molecular weight excluding hydrogens is 184 g/mol. The molecule has 0 fully saturated rings. The van der Waals surface area contributed by atoms with E-state index in [2.05, 4.69) is 11.4 Å². The van der Waals surface area contributed by atoms with Crippen molar-refractivity contribution < 1.29 is 0 Å². The van der Waals surface area contributed by atoms with Gasteiger partial charge < -0.3 is 5.32 Å². The number of allylic oxidation sites excluding steroid dienone is 1. The van der Waals surface area contributed by atoms with Gasteiger partial charge in [-0.2, -0.15) is 5.26 Å². The lowest BCUT2D eigenvalue weighted by Gasteiger charge is -2.14. The van der Waals surface area contributed by atoms with Gasteiger partial charge in [0, 0.05) is 17.8 Å². The van der Waals surface area contributed by atoms with Gasteiger partial charge >= 0.3 is 0 Å². The number of nitrogens with one attached hydrogen (secondary N) is 1. The van der Waals surface area contributed by atoms with Crippen molar-refractivity contribution in [1.82, 2.24) is 0 Å². The van der Waals surface area contributed by atoms with Crippen LogP contribution in [-0.4, -0.2) is 6.54 Å². The van der Waals surface area contributed by atoms with Crippen molar-refractivity contribution in [2.24, 2.45) is 0 Å². The van der Waals surface area contributed by atoms with Gasteiger partial charge in [0.05, 0.1) is 11.6 Å². The molecule has 1 aromatic rings. The summed E-state index contributed by atoms with van der Waals surface area (Å²) in [6, 6.07) is 10.0. The highest BCUT2D eigenvalue weighted by atomic mass is 35.5. The van der Waals surface area contributed by atoms with Crippen LogP contribution in [0.1, 0.15) is 5.56 Å². The number of halogens is 1. The summed E-state index contributed by atoms with van der Waals surface area (Å²) in [5.41, 5.74) is 2.83. The van der Waals surface area contributed by atoms with Crippen LogP contribution >= 0.6 is 12.4 Å². The predicted molar refractivity (Wildman–Crippen MR) is 55.8 cm³/mol. The quantitative estimate of drug-likeness (QED) is 0.686. The van der Waals surface area contributed by atoms with Crippen LogP contribution in [-0.2, 0) is 0 Å². The minimum Gasteiger partial charge on any atom is -0.381 e. The van der Waals surface area contributed by atoms with Crippen molar-refractivity contribution in [2.45, 2.75) is 0 Å². The Morgan fingerprint density at radius 2 is 2.08 bits per heavy atom. The number of anilines is 1. The Hall–Kier alpha value is -1.46. The molecule has 0 spiro atoms. The van der Waals surface area contributed by atoms with Crippen LogP contribution in [0.4, 0.5) is 5.69 Å². The fourth-order valence-corrected chi connectivity index (χ4v) is 1.35. The summed E-state index contributed by atoms with van der Waals surface area (Å²) in [4.78, 5) is 0.